The topological polar surface area (TPSA) is 92.8 Å². The third kappa shape index (κ3) is 2.32. The number of aryl methyl sites for hydroxylation is 1. The van der Waals surface area contributed by atoms with E-state index in [1.165, 1.54) is 6.08 Å². The molecule has 0 spiro atoms. The van der Waals surface area contributed by atoms with Crippen LogP contribution in [0, 0.1) is 6.92 Å². The van der Waals surface area contributed by atoms with Crippen molar-refractivity contribution in [3.05, 3.63) is 54.9 Å². The number of fused-ring (bicyclic) bond motifs is 2. The number of H-pyrrole nitrogens is 1. The number of benzene rings is 2. The summed E-state index contributed by atoms with van der Waals surface area (Å²) >= 11 is 0. The van der Waals surface area contributed by atoms with E-state index in [1.807, 2.05) is 12.4 Å². The fraction of sp³-hybridized carbons (Fsp3) is 0.190. The summed E-state index contributed by atoms with van der Waals surface area (Å²) in [5, 5.41) is 8.08. The predicted octanol–water partition coefficient (Wildman–Crippen LogP) is 3.04. The fourth-order valence-electron chi connectivity index (χ4n) is 4.03. The number of carbonyl (C=O) groups is 1. The number of anilines is 1. The number of carbonyl (C=O) groups excluding carboxylic acids is 1. The van der Waals surface area contributed by atoms with E-state index >= 15 is 0 Å². The van der Waals surface area contributed by atoms with Gasteiger partial charge in [0.1, 0.15) is 0 Å². The van der Waals surface area contributed by atoms with Crippen LogP contribution in [0.15, 0.2) is 49.3 Å². The average Bonchev–Trinajstić information content (AvgIpc) is 3.24. The Hall–Kier alpha value is -3.61. The lowest BCUT2D eigenvalue weighted by molar-refractivity contribution is -0.131. The van der Waals surface area contributed by atoms with Gasteiger partial charge in [-0.05, 0) is 47.9 Å². The second-order valence-corrected chi connectivity index (χ2v) is 7.25. The second kappa shape index (κ2) is 5.95. The summed E-state index contributed by atoms with van der Waals surface area (Å²) in [7, 11) is 0. The highest BCUT2D eigenvalue weighted by atomic mass is 16.2. The van der Waals surface area contributed by atoms with Crippen molar-refractivity contribution in [2.24, 2.45) is 0 Å². The van der Waals surface area contributed by atoms with Crippen molar-refractivity contribution < 1.29 is 4.79 Å². The minimum Gasteiger partial charge on any atom is -0.382 e. The number of nitrogens with two attached hydrogens (primary N) is 1. The Bertz CT molecular complexity index is 1240. The van der Waals surface area contributed by atoms with Gasteiger partial charge in [-0.3, -0.25) is 9.89 Å². The Morgan fingerprint density at radius 1 is 1.32 bits per heavy atom. The summed E-state index contributed by atoms with van der Waals surface area (Å²) in [6.45, 7) is 6.98. The lowest BCUT2D eigenvalue weighted by atomic mass is 9.96. The molecule has 7 nitrogen and oxygen atoms in total. The van der Waals surface area contributed by atoms with Gasteiger partial charge in [-0.2, -0.15) is 5.10 Å². The minimum atomic E-state index is -0.0239. The van der Waals surface area contributed by atoms with Crippen LogP contribution in [-0.4, -0.2) is 43.6 Å². The van der Waals surface area contributed by atoms with Crippen LogP contribution in [0.5, 0.6) is 0 Å². The van der Waals surface area contributed by atoms with Gasteiger partial charge in [0, 0.05) is 13.1 Å². The van der Waals surface area contributed by atoms with E-state index in [9.17, 15) is 4.79 Å². The van der Waals surface area contributed by atoms with Crippen LogP contribution < -0.4 is 5.73 Å². The van der Waals surface area contributed by atoms with Crippen molar-refractivity contribution in [2.75, 3.05) is 18.8 Å². The maximum Gasteiger partial charge on any atom is 0.246 e. The molecule has 5 rings (SSSR count). The van der Waals surface area contributed by atoms with Crippen molar-refractivity contribution >= 4 is 33.7 Å². The number of imidazole rings is 1. The number of amides is 1. The number of hydrogen-bond acceptors (Lipinski definition) is 4. The standard InChI is InChI=1S/C21H20N6O/c1-3-18(28)26-9-14(10-26)27-11-23-16-8-13(5-7-17(16)27)19-12(2)4-6-15-20(19)21(22)25-24-15/h3-8,11,14H,1,9-10H2,2H3,(H3,22,24,25). The molecule has 1 aliphatic rings. The van der Waals surface area contributed by atoms with Gasteiger partial charge in [0.2, 0.25) is 5.91 Å². The van der Waals surface area contributed by atoms with E-state index in [0.717, 1.165) is 38.6 Å². The van der Waals surface area contributed by atoms with Crippen LogP contribution >= 0.6 is 0 Å². The van der Waals surface area contributed by atoms with Gasteiger partial charge >= 0.3 is 0 Å². The average molecular weight is 372 g/mol. The zero-order chi connectivity index (χ0) is 19.4. The molecule has 0 bridgehead atoms. The quantitative estimate of drug-likeness (QED) is 0.541. The molecule has 1 aliphatic heterocycles. The maximum absolute atomic E-state index is 11.7. The summed E-state index contributed by atoms with van der Waals surface area (Å²) in [5.74, 6) is 0.477. The molecule has 0 saturated carbocycles. The maximum atomic E-state index is 11.7. The van der Waals surface area contributed by atoms with Crippen LogP contribution in [0.2, 0.25) is 0 Å². The Morgan fingerprint density at radius 2 is 2.14 bits per heavy atom. The Labute approximate surface area is 161 Å². The SMILES string of the molecule is C=CC(=O)N1CC(n2cnc3cc(-c4c(C)ccc5[nH]nc(N)c45)ccc32)C1. The minimum absolute atomic E-state index is 0.0239. The van der Waals surface area contributed by atoms with E-state index in [-0.39, 0.29) is 11.9 Å². The summed E-state index contributed by atoms with van der Waals surface area (Å²) < 4.78 is 2.14. The monoisotopic (exact) mass is 372 g/mol. The normalized spacial score (nSPS) is 14.5. The van der Waals surface area contributed by atoms with E-state index in [4.69, 9.17) is 5.73 Å². The Balaban J connectivity index is 1.55. The molecule has 1 fully saturated rings. The highest BCUT2D eigenvalue weighted by molar-refractivity contribution is 6.04. The Kier molecular flexibility index (Phi) is 3.52. The molecule has 28 heavy (non-hydrogen) atoms. The molecule has 3 N–H and O–H groups in total. The van der Waals surface area contributed by atoms with Gasteiger partial charge in [-0.25, -0.2) is 4.98 Å². The molecule has 7 heteroatoms. The van der Waals surface area contributed by atoms with Crippen LogP contribution in [0.1, 0.15) is 11.6 Å². The van der Waals surface area contributed by atoms with Crippen LogP contribution in [0.3, 0.4) is 0 Å². The molecule has 0 unspecified atom stereocenters. The first-order chi connectivity index (χ1) is 13.6. The number of likely N-dealkylation sites (tertiary alicyclic amines) is 1. The highest BCUT2D eigenvalue weighted by Gasteiger charge is 2.31. The van der Waals surface area contributed by atoms with E-state index in [1.54, 1.807) is 4.90 Å². The summed E-state index contributed by atoms with van der Waals surface area (Å²) in [5.41, 5.74) is 12.3. The molecule has 3 heterocycles. The van der Waals surface area contributed by atoms with Crippen molar-refractivity contribution in [1.29, 1.82) is 0 Å². The van der Waals surface area contributed by atoms with E-state index < -0.39 is 0 Å². The largest absolute Gasteiger partial charge is 0.382 e. The van der Waals surface area contributed by atoms with Crippen molar-refractivity contribution in [2.45, 2.75) is 13.0 Å². The smallest absolute Gasteiger partial charge is 0.246 e. The number of hydrogen-bond donors (Lipinski definition) is 2. The van der Waals surface area contributed by atoms with Crippen molar-refractivity contribution in [3.63, 3.8) is 0 Å². The molecule has 2 aromatic heterocycles. The van der Waals surface area contributed by atoms with Gasteiger partial charge in [-0.1, -0.05) is 18.7 Å². The number of nitrogens with zero attached hydrogens (tertiary/aromatic N) is 4. The third-order valence-electron chi connectivity index (χ3n) is 5.57. The number of nitrogen functional groups attached to an aromatic ring is 1. The highest BCUT2D eigenvalue weighted by Crippen LogP contribution is 2.36. The first-order valence-electron chi connectivity index (χ1n) is 9.18. The molecule has 140 valence electrons. The Morgan fingerprint density at radius 3 is 2.93 bits per heavy atom. The van der Waals surface area contributed by atoms with Gasteiger partial charge < -0.3 is 15.2 Å². The van der Waals surface area contributed by atoms with Gasteiger partial charge in [0.15, 0.2) is 5.82 Å². The lowest BCUT2D eigenvalue weighted by Crippen LogP contribution is -2.49. The number of aromatic nitrogens is 4. The summed E-state index contributed by atoms with van der Waals surface area (Å²) in [4.78, 5) is 18.1. The van der Waals surface area contributed by atoms with E-state index in [0.29, 0.717) is 18.9 Å². The van der Waals surface area contributed by atoms with Crippen LogP contribution in [0.25, 0.3) is 33.1 Å². The first kappa shape index (κ1) is 16.6. The second-order valence-electron chi connectivity index (χ2n) is 7.25. The summed E-state index contributed by atoms with van der Waals surface area (Å²) in [6.07, 6.45) is 3.22. The van der Waals surface area contributed by atoms with Gasteiger partial charge in [0.05, 0.1) is 34.3 Å². The summed E-state index contributed by atoms with van der Waals surface area (Å²) in [6, 6.07) is 10.6. The lowest BCUT2D eigenvalue weighted by Gasteiger charge is -2.39. The molecular formula is C21H20N6O. The van der Waals surface area contributed by atoms with Gasteiger partial charge in [0.25, 0.3) is 0 Å². The molecule has 0 radical (unpaired) electrons. The van der Waals surface area contributed by atoms with Crippen LogP contribution in [-0.2, 0) is 4.79 Å². The van der Waals surface area contributed by atoms with Crippen LogP contribution in [0.4, 0.5) is 5.82 Å². The zero-order valence-electron chi connectivity index (χ0n) is 15.5. The molecular weight excluding hydrogens is 352 g/mol. The number of aromatic amines is 1. The molecule has 1 saturated heterocycles. The number of nitrogens with one attached hydrogen (secondary N) is 1. The molecule has 4 aromatic rings. The molecule has 0 atom stereocenters. The molecule has 0 aliphatic carbocycles. The third-order valence-corrected chi connectivity index (χ3v) is 5.57. The van der Waals surface area contributed by atoms with Crippen molar-refractivity contribution in [3.8, 4) is 11.1 Å². The zero-order valence-corrected chi connectivity index (χ0v) is 15.5. The molecule has 1 amide bonds. The predicted molar refractivity (Wildman–Crippen MR) is 110 cm³/mol. The van der Waals surface area contributed by atoms with E-state index in [2.05, 4.69) is 57.5 Å². The fourth-order valence-corrected chi connectivity index (χ4v) is 4.03. The van der Waals surface area contributed by atoms with Crippen molar-refractivity contribution in [1.82, 2.24) is 24.6 Å². The molecule has 2 aromatic carbocycles. The van der Waals surface area contributed by atoms with Gasteiger partial charge in [-0.15, -0.1) is 0 Å². The number of rotatable bonds is 3. The first-order valence-corrected chi connectivity index (χ1v) is 9.18.